The summed E-state index contributed by atoms with van der Waals surface area (Å²) in [6.45, 7) is 1.98. The number of alkyl halides is 3. The van der Waals surface area contributed by atoms with Crippen LogP contribution in [0.5, 0.6) is 5.75 Å². The number of nitrogens with zero attached hydrogens (tertiary/aromatic N) is 3. The van der Waals surface area contributed by atoms with E-state index in [9.17, 15) is 22.8 Å². The highest BCUT2D eigenvalue weighted by Gasteiger charge is 2.41. The third-order valence-electron chi connectivity index (χ3n) is 4.40. The topological polar surface area (TPSA) is 75.4 Å². The first-order chi connectivity index (χ1) is 13.3. The molecule has 1 aromatic carbocycles. The first kappa shape index (κ1) is 18.1. The molecule has 0 saturated carbocycles. The third-order valence-corrected chi connectivity index (χ3v) is 4.40. The molecule has 2 aromatic heterocycles. The van der Waals surface area contributed by atoms with Gasteiger partial charge in [0.2, 0.25) is 0 Å². The molecule has 3 heterocycles. The maximum atomic E-state index is 13.8. The van der Waals surface area contributed by atoms with Gasteiger partial charge in [-0.2, -0.15) is 18.3 Å². The molecule has 7 nitrogen and oxygen atoms in total. The fraction of sp³-hybridized carbons (Fsp3) is 0.278. The number of ether oxygens (including phenoxy) is 2. The van der Waals surface area contributed by atoms with Crippen LogP contribution in [0.1, 0.15) is 23.0 Å². The minimum atomic E-state index is -4.90. The molecule has 4 rings (SSSR count). The van der Waals surface area contributed by atoms with Crippen LogP contribution in [0.25, 0.3) is 16.6 Å². The van der Waals surface area contributed by atoms with Gasteiger partial charge in [-0.05, 0) is 13.0 Å². The molecule has 28 heavy (non-hydrogen) atoms. The van der Waals surface area contributed by atoms with Gasteiger partial charge in [0, 0.05) is 11.5 Å². The van der Waals surface area contributed by atoms with Crippen molar-refractivity contribution in [1.82, 2.24) is 14.3 Å². The van der Waals surface area contributed by atoms with Crippen molar-refractivity contribution in [2.45, 2.75) is 19.6 Å². The van der Waals surface area contributed by atoms with E-state index in [0.29, 0.717) is 21.3 Å². The molecule has 1 aliphatic rings. The number of halogens is 3. The zero-order valence-electron chi connectivity index (χ0n) is 14.6. The number of pyridine rings is 1. The molecule has 3 aromatic rings. The molecule has 0 aliphatic carbocycles. The Morgan fingerprint density at radius 2 is 2.14 bits per heavy atom. The van der Waals surface area contributed by atoms with E-state index in [0.717, 1.165) is 12.3 Å². The smallest absolute Gasteiger partial charge is 0.434 e. The van der Waals surface area contributed by atoms with Gasteiger partial charge in [-0.3, -0.25) is 4.79 Å². The molecule has 0 atom stereocenters. The fourth-order valence-corrected chi connectivity index (χ4v) is 3.31. The number of benzene rings is 1. The summed E-state index contributed by atoms with van der Waals surface area (Å²) in [4.78, 5) is 24.5. The Balaban J connectivity index is 2.04. The largest absolute Gasteiger partial charge is 0.490 e. The van der Waals surface area contributed by atoms with E-state index in [-0.39, 0.29) is 25.4 Å². The lowest BCUT2D eigenvalue weighted by molar-refractivity contribution is -0.143. The van der Waals surface area contributed by atoms with Gasteiger partial charge >= 0.3 is 12.1 Å². The Morgan fingerprint density at radius 1 is 1.36 bits per heavy atom. The highest BCUT2D eigenvalue weighted by atomic mass is 19.4. The number of aromatic nitrogens is 3. The molecule has 0 spiro atoms. The van der Waals surface area contributed by atoms with Gasteiger partial charge in [0.05, 0.1) is 30.6 Å². The lowest BCUT2D eigenvalue weighted by Crippen LogP contribution is -2.28. The van der Waals surface area contributed by atoms with Crippen LogP contribution in [0, 0.1) is 0 Å². The first-order valence-electron chi connectivity index (χ1n) is 8.45. The van der Waals surface area contributed by atoms with Crippen LogP contribution in [0.15, 0.2) is 35.3 Å². The Kier molecular flexibility index (Phi) is 4.13. The molecule has 0 unspecified atom stereocenters. The average molecular weight is 393 g/mol. The highest BCUT2D eigenvalue weighted by Crippen LogP contribution is 2.37. The summed E-state index contributed by atoms with van der Waals surface area (Å²) in [5.41, 5.74) is -2.21. The van der Waals surface area contributed by atoms with E-state index in [1.807, 2.05) is 0 Å². The molecule has 1 aliphatic heterocycles. The quantitative estimate of drug-likeness (QED) is 0.640. The number of rotatable bonds is 3. The van der Waals surface area contributed by atoms with Gasteiger partial charge in [0.1, 0.15) is 17.9 Å². The lowest BCUT2D eigenvalue weighted by Gasteiger charge is -2.22. The van der Waals surface area contributed by atoms with Crippen LogP contribution in [-0.2, 0) is 17.5 Å². The monoisotopic (exact) mass is 393 g/mol. The van der Waals surface area contributed by atoms with Crippen LogP contribution in [0.4, 0.5) is 13.2 Å². The normalized spacial score (nSPS) is 13.4. The van der Waals surface area contributed by atoms with Gasteiger partial charge in [0.15, 0.2) is 5.69 Å². The minimum Gasteiger partial charge on any atom is -0.490 e. The number of carbonyl (C=O) groups is 1. The summed E-state index contributed by atoms with van der Waals surface area (Å²) in [6.07, 6.45) is -4.10. The zero-order chi connectivity index (χ0) is 20.1. The van der Waals surface area contributed by atoms with E-state index >= 15 is 0 Å². The van der Waals surface area contributed by atoms with Crippen molar-refractivity contribution in [1.29, 1.82) is 0 Å². The van der Waals surface area contributed by atoms with Crippen LogP contribution >= 0.6 is 0 Å². The average Bonchev–Trinajstić information content (AvgIpc) is 3.10. The van der Waals surface area contributed by atoms with Crippen molar-refractivity contribution in [2.75, 3.05) is 13.2 Å². The first-order valence-corrected chi connectivity index (χ1v) is 8.45. The third kappa shape index (κ3) is 2.72. The number of hydrogen-bond acceptors (Lipinski definition) is 5. The van der Waals surface area contributed by atoms with Gasteiger partial charge < -0.3 is 14.0 Å². The van der Waals surface area contributed by atoms with Crippen molar-refractivity contribution in [2.24, 2.45) is 0 Å². The highest BCUT2D eigenvalue weighted by molar-refractivity contribution is 5.94. The molecular formula is C18H14F3N3O4. The van der Waals surface area contributed by atoms with Gasteiger partial charge in [-0.1, -0.05) is 12.1 Å². The van der Waals surface area contributed by atoms with Crippen molar-refractivity contribution in [3.63, 3.8) is 0 Å². The Hall–Kier alpha value is -3.30. The molecule has 146 valence electrons. The Labute approximate surface area is 155 Å². The number of esters is 1. The van der Waals surface area contributed by atoms with E-state index in [1.165, 1.54) is 11.5 Å². The molecule has 0 amide bonds. The maximum absolute atomic E-state index is 13.8. The van der Waals surface area contributed by atoms with E-state index in [4.69, 9.17) is 9.47 Å². The van der Waals surface area contributed by atoms with Crippen molar-refractivity contribution < 1.29 is 27.4 Å². The van der Waals surface area contributed by atoms with Crippen LogP contribution in [0.2, 0.25) is 0 Å². The molecule has 10 heteroatoms. The number of para-hydroxylation sites is 1. The Morgan fingerprint density at radius 3 is 2.86 bits per heavy atom. The number of hydrogen-bond donors (Lipinski definition) is 0. The van der Waals surface area contributed by atoms with Crippen LogP contribution in [0.3, 0.4) is 0 Å². The molecule has 0 fully saturated rings. The molecular weight excluding hydrogens is 379 g/mol. The van der Waals surface area contributed by atoms with Crippen molar-refractivity contribution in [3.05, 3.63) is 52.1 Å². The molecule has 0 N–H and O–H groups in total. The Bertz CT molecular complexity index is 1150. The van der Waals surface area contributed by atoms with Gasteiger partial charge in [-0.25, -0.2) is 9.48 Å². The van der Waals surface area contributed by atoms with Crippen molar-refractivity contribution >= 4 is 16.9 Å². The maximum Gasteiger partial charge on any atom is 0.434 e. The summed E-state index contributed by atoms with van der Waals surface area (Å²) >= 11 is 0. The van der Waals surface area contributed by atoms with Crippen LogP contribution < -0.4 is 10.3 Å². The summed E-state index contributed by atoms with van der Waals surface area (Å²) < 4.78 is 53.6. The van der Waals surface area contributed by atoms with Crippen LogP contribution in [-0.4, -0.2) is 33.5 Å². The summed E-state index contributed by atoms with van der Waals surface area (Å²) in [5, 5.41) is 4.11. The predicted molar refractivity (Wildman–Crippen MR) is 91.8 cm³/mol. The molecule has 0 radical (unpaired) electrons. The second-order valence-corrected chi connectivity index (χ2v) is 6.06. The fourth-order valence-electron chi connectivity index (χ4n) is 3.31. The second kappa shape index (κ2) is 6.39. The van der Waals surface area contributed by atoms with E-state index in [2.05, 4.69) is 5.10 Å². The SMILES string of the molecule is CCOC(=O)c1cnn(-c2cc(=O)n3c4c(cccc24)OCC3)c1C(F)(F)F. The molecule has 0 saturated heterocycles. The lowest BCUT2D eigenvalue weighted by atomic mass is 10.1. The minimum absolute atomic E-state index is 0.0824. The zero-order valence-corrected chi connectivity index (χ0v) is 14.6. The van der Waals surface area contributed by atoms with E-state index < -0.39 is 29.0 Å². The molecule has 0 bridgehead atoms. The number of carbonyl (C=O) groups excluding carboxylic acids is 1. The summed E-state index contributed by atoms with van der Waals surface area (Å²) in [5.74, 6) is -0.738. The summed E-state index contributed by atoms with van der Waals surface area (Å²) in [7, 11) is 0. The van der Waals surface area contributed by atoms with Crippen molar-refractivity contribution in [3.8, 4) is 11.4 Å². The summed E-state index contributed by atoms with van der Waals surface area (Å²) in [6, 6.07) is 5.91. The van der Waals surface area contributed by atoms with Gasteiger partial charge in [0.25, 0.3) is 5.56 Å². The van der Waals surface area contributed by atoms with Gasteiger partial charge in [-0.15, -0.1) is 0 Å². The van der Waals surface area contributed by atoms with E-state index in [1.54, 1.807) is 18.2 Å². The standard InChI is InChI=1S/C18H14F3N3O4/c1-2-27-17(26)11-9-22-24(16(11)18(19,20)21)12-8-14(25)23-6-7-28-13-5-3-4-10(12)15(13)23/h3-5,8-9H,2,6-7H2,1H3. The predicted octanol–water partition coefficient (Wildman–Crippen LogP) is 2.78. The second-order valence-electron chi connectivity index (χ2n) is 6.06.